The van der Waals surface area contributed by atoms with Gasteiger partial charge in [0.05, 0.1) is 7.11 Å². The number of benzene rings is 1. The van der Waals surface area contributed by atoms with Gasteiger partial charge in [0.2, 0.25) is 0 Å². The molecule has 0 unspecified atom stereocenters. The second-order valence-corrected chi connectivity index (χ2v) is 5.38. The fourth-order valence-electron chi connectivity index (χ4n) is 2.43. The Bertz CT molecular complexity index is 453. The number of halogens is 1. The van der Waals surface area contributed by atoms with Gasteiger partial charge in [-0.3, -0.25) is 4.79 Å². The van der Waals surface area contributed by atoms with Crippen molar-refractivity contribution in [1.82, 2.24) is 4.90 Å². The molecule has 1 amide bonds. The molecule has 1 heterocycles. The second kappa shape index (κ2) is 6.29. The number of methoxy groups -OCH3 is 1. The van der Waals surface area contributed by atoms with Crippen molar-refractivity contribution in [3.05, 3.63) is 29.3 Å². The summed E-state index contributed by atoms with van der Waals surface area (Å²) < 4.78 is 5.27. The molecule has 1 aromatic carbocycles. The Morgan fingerprint density at radius 3 is 2.68 bits per heavy atom. The quantitative estimate of drug-likeness (QED) is 0.797. The zero-order valence-electron chi connectivity index (χ0n) is 11.5. The van der Waals surface area contributed by atoms with Crippen molar-refractivity contribution >= 4 is 17.5 Å². The maximum atomic E-state index is 12.4. The fraction of sp³-hybridized carbons (Fsp3) is 0.533. The SMILES string of the molecule is COc1cc(C(=O)N2CCC(CCl)CC2)ccc1C. The maximum absolute atomic E-state index is 12.4. The Balaban J connectivity index is 2.08. The van der Waals surface area contributed by atoms with E-state index in [1.54, 1.807) is 7.11 Å². The number of carbonyl (C=O) groups excluding carboxylic acids is 1. The van der Waals surface area contributed by atoms with E-state index in [9.17, 15) is 4.79 Å². The summed E-state index contributed by atoms with van der Waals surface area (Å²) in [5.74, 6) is 2.10. The summed E-state index contributed by atoms with van der Waals surface area (Å²) in [5, 5.41) is 0. The molecule has 0 N–H and O–H groups in total. The predicted octanol–water partition coefficient (Wildman–Crippen LogP) is 3.09. The molecule has 1 saturated heterocycles. The zero-order chi connectivity index (χ0) is 13.8. The van der Waals surface area contributed by atoms with Crippen LogP contribution in [0, 0.1) is 12.8 Å². The van der Waals surface area contributed by atoms with Crippen LogP contribution in [0.5, 0.6) is 5.75 Å². The normalized spacial score (nSPS) is 16.5. The molecule has 0 radical (unpaired) electrons. The van der Waals surface area contributed by atoms with E-state index in [1.807, 2.05) is 30.0 Å². The first-order valence-corrected chi connectivity index (χ1v) is 7.19. The van der Waals surface area contributed by atoms with Crippen molar-refractivity contribution in [2.45, 2.75) is 19.8 Å². The number of likely N-dealkylation sites (tertiary alicyclic amines) is 1. The number of alkyl halides is 1. The molecular weight excluding hydrogens is 262 g/mol. The van der Waals surface area contributed by atoms with Crippen LogP contribution >= 0.6 is 11.6 Å². The molecule has 2 rings (SSSR count). The van der Waals surface area contributed by atoms with Crippen LogP contribution in [0.4, 0.5) is 0 Å². The third-order valence-corrected chi connectivity index (χ3v) is 4.21. The van der Waals surface area contributed by atoms with E-state index in [-0.39, 0.29) is 5.91 Å². The molecule has 1 aliphatic rings. The number of aryl methyl sites for hydroxylation is 1. The highest BCUT2D eigenvalue weighted by atomic mass is 35.5. The van der Waals surface area contributed by atoms with E-state index < -0.39 is 0 Å². The average Bonchev–Trinajstić information content (AvgIpc) is 2.47. The van der Waals surface area contributed by atoms with Crippen LogP contribution in [0.25, 0.3) is 0 Å². The lowest BCUT2D eigenvalue weighted by atomic mass is 9.98. The van der Waals surface area contributed by atoms with Gasteiger partial charge in [0.1, 0.15) is 5.75 Å². The van der Waals surface area contributed by atoms with Crippen molar-refractivity contribution in [2.24, 2.45) is 5.92 Å². The Labute approximate surface area is 119 Å². The van der Waals surface area contributed by atoms with Gasteiger partial charge in [-0.1, -0.05) is 6.07 Å². The lowest BCUT2D eigenvalue weighted by molar-refractivity contribution is 0.0698. The lowest BCUT2D eigenvalue weighted by Crippen LogP contribution is -2.38. The van der Waals surface area contributed by atoms with Crippen LogP contribution in [-0.2, 0) is 0 Å². The van der Waals surface area contributed by atoms with Crippen LogP contribution in [-0.4, -0.2) is 36.9 Å². The lowest BCUT2D eigenvalue weighted by Gasteiger charge is -2.31. The molecule has 0 bridgehead atoms. The molecule has 0 saturated carbocycles. The average molecular weight is 282 g/mol. The number of hydrogen-bond acceptors (Lipinski definition) is 2. The minimum Gasteiger partial charge on any atom is -0.496 e. The van der Waals surface area contributed by atoms with E-state index in [4.69, 9.17) is 16.3 Å². The number of nitrogens with zero attached hydrogens (tertiary/aromatic N) is 1. The smallest absolute Gasteiger partial charge is 0.253 e. The topological polar surface area (TPSA) is 29.5 Å². The molecule has 1 aromatic rings. The summed E-state index contributed by atoms with van der Waals surface area (Å²) in [5.41, 5.74) is 1.74. The number of rotatable bonds is 3. The largest absolute Gasteiger partial charge is 0.496 e. The van der Waals surface area contributed by atoms with Crippen LogP contribution in [0.1, 0.15) is 28.8 Å². The number of amides is 1. The number of piperidine rings is 1. The van der Waals surface area contributed by atoms with E-state index in [2.05, 4.69) is 0 Å². The Hall–Kier alpha value is -1.22. The first kappa shape index (κ1) is 14.2. The molecule has 104 valence electrons. The molecule has 0 atom stereocenters. The molecule has 19 heavy (non-hydrogen) atoms. The first-order chi connectivity index (χ1) is 9.15. The predicted molar refractivity (Wildman–Crippen MR) is 77.1 cm³/mol. The Morgan fingerprint density at radius 1 is 1.42 bits per heavy atom. The van der Waals surface area contributed by atoms with Gasteiger partial charge in [0, 0.05) is 24.5 Å². The summed E-state index contributed by atoms with van der Waals surface area (Å²) in [4.78, 5) is 14.3. The van der Waals surface area contributed by atoms with Crippen LogP contribution in [0.2, 0.25) is 0 Å². The van der Waals surface area contributed by atoms with Crippen molar-refractivity contribution < 1.29 is 9.53 Å². The van der Waals surface area contributed by atoms with E-state index in [1.165, 1.54) is 0 Å². The van der Waals surface area contributed by atoms with Gasteiger partial charge in [-0.15, -0.1) is 11.6 Å². The second-order valence-electron chi connectivity index (χ2n) is 5.07. The van der Waals surface area contributed by atoms with Crippen molar-refractivity contribution in [3.63, 3.8) is 0 Å². The molecule has 4 heteroatoms. The molecule has 1 aliphatic heterocycles. The van der Waals surface area contributed by atoms with Gasteiger partial charge in [-0.2, -0.15) is 0 Å². The Kier molecular flexibility index (Phi) is 4.70. The molecular formula is C15H20ClNO2. The van der Waals surface area contributed by atoms with Crippen molar-refractivity contribution in [1.29, 1.82) is 0 Å². The van der Waals surface area contributed by atoms with E-state index in [0.717, 1.165) is 37.2 Å². The van der Waals surface area contributed by atoms with Crippen LogP contribution < -0.4 is 4.74 Å². The van der Waals surface area contributed by atoms with Gasteiger partial charge >= 0.3 is 0 Å². The van der Waals surface area contributed by atoms with E-state index in [0.29, 0.717) is 17.4 Å². The monoisotopic (exact) mass is 281 g/mol. The van der Waals surface area contributed by atoms with E-state index >= 15 is 0 Å². The van der Waals surface area contributed by atoms with Gasteiger partial charge in [-0.25, -0.2) is 0 Å². The highest BCUT2D eigenvalue weighted by molar-refractivity contribution is 6.18. The minimum absolute atomic E-state index is 0.0892. The molecule has 0 spiro atoms. The minimum atomic E-state index is 0.0892. The van der Waals surface area contributed by atoms with Gasteiger partial charge in [0.25, 0.3) is 5.91 Å². The molecule has 1 fully saturated rings. The van der Waals surface area contributed by atoms with Crippen molar-refractivity contribution in [3.8, 4) is 5.75 Å². The highest BCUT2D eigenvalue weighted by Crippen LogP contribution is 2.23. The Morgan fingerprint density at radius 2 is 2.11 bits per heavy atom. The summed E-state index contributed by atoms with van der Waals surface area (Å²) in [6.45, 7) is 3.57. The number of ether oxygens (including phenoxy) is 1. The first-order valence-electron chi connectivity index (χ1n) is 6.65. The van der Waals surface area contributed by atoms with Crippen LogP contribution in [0.3, 0.4) is 0 Å². The maximum Gasteiger partial charge on any atom is 0.253 e. The summed E-state index contributed by atoms with van der Waals surface area (Å²) in [6.07, 6.45) is 2.00. The molecule has 3 nitrogen and oxygen atoms in total. The van der Waals surface area contributed by atoms with Gasteiger partial charge < -0.3 is 9.64 Å². The summed E-state index contributed by atoms with van der Waals surface area (Å²) in [6, 6.07) is 5.62. The van der Waals surface area contributed by atoms with Gasteiger partial charge in [-0.05, 0) is 43.4 Å². The standard InChI is InChI=1S/C15H20ClNO2/c1-11-3-4-13(9-14(11)19-2)15(18)17-7-5-12(10-16)6-8-17/h3-4,9,12H,5-8,10H2,1-2H3. The summed E-state index contributed by atoms with van der Waals surface area (Å²) in [7, 11) is 1.63. The fourth-order valence-corrected chi connectivity index (χ4v) is 2.73. The molecule has 0 aromatic heterocycles. The number of carbonyl (C=O) groups is 1. The zero-order valence-corrected chi connectivity index (χ0v) is 12.2. The molecule has 0 aliphatic carbocycles. The third kappa shape index (κ3) is 3.21. The number of hydrogen-bond donors (Lipinski definition) is 0. The van der Waals surface area contributed by atoms with Gasteiger partial charge in [0.15, 0.2) is 0 Å². The highest BCUT2D eigenvalue weighted by Gasteiger charge is 2.23. The van der Waals surface area contributed by atoms with Crippen LogP contribution in [0.15, 0.2) is 18.2 Å². The summed E-state index contributed by atoms with van der Waals surface area (Å²) >= 11 is 5.86. The van der Waals surface area contributed by atoms with Crippen molar-refractivity contribution in [2.75, 3.05) is 26.1 Å². The third-order valence-electron chi connectivity index (χ3n) is 3.77.